The highest BCUT2D eigenvalue weighted by Crippen LogP contribution is 2.37. The van der Waals surface area contributed by atoms with Crippen LogP contribution < -0.4 is 5.73 Å². The fourth-order valence-electron chi connectivity index (χ4n) is 2.71. The Morgan fingerprint density at radius 1 is 1.11 bits per heavy atom. The number of benzene rings is 2. The molecule has 0 bridgehead atoms. The van der Waals surface area contributed by atoms with Gasteiger partial charge in [0.2, 0.25) is 0 Å². The zero-order chi connectivity index (χ0) is 12.5. The average molecular weight is 272 g/mol. The van der Waals surface area contributed by atoms with Gasteiger partial charge in [0.15, 0.2) is 0 Å². The molecule has 1 atom stereocenters. The minimum absolute atomic E-state index is 0. The molecule has 0 heterocycles. The van der Waals surface area contributed by atoms with E-state index in [0.29, 0.717) is 0 Å². The van der Waals surface area contributed by atoms with Gasteiger partial charge in [0.1, 0.15) is 0 Å². The quantitative estimate of drug-likeness (QED) is 0.708. The van der Waals surface area contributed by atoms with E-state index in [2.05, 4.69) is 49.0 Å². The largest absolute Gasteiger partial charge is 0.324 e. The van der Waals surface area contributed by atoms with Crippen molar-refractivity contribution < 1.29 is 0 Å². The van der Waals surface area contributed by atoms with Crippen molar-refractivity contribution in [3.63, 3.8) is 0 Å². The van der Waals surface area contributed by atoms with Crippen LogP contribution in [0.1, 0.15) is 29.2 Å². The van der Waals surface area contributed by atoms with E-state index in [1.54, 1.807) is 0 Å². The third kappa shape index (κ3) is 2.44. The molecule has 0 spiro atoms. The van der Waals surface area contributed by atoms with Gasteiger partial charge in [0.05, 0.1) is 0 Å². The van der Waals surface area contributed by atoms with Gasteiger partial charge in [-0.15, -0.1) is 19.0 Å². The normalized spacial score (nSPS) is 13.1. The van der Waals surface area contributed by atoms with E-state index in [1.807, 2.05) is 6.08 Å². The Kier molecular flexibility index (Phi) is 4.08. The molecule has 2 heteroatoms. The van der Waals surface area contributed by atoms with Crippen LogP contribution in [0.5, 0.6) is 0 Å². The number of fused-ring (bicyclic) bond motifs is 3. The van der Waals surface area contributed by atoms with E-state index < -0.39 is 0 Å². The SMILES string of the molecule is C=CC[C@@H](N)c1ccc2c(c1)Cc1ccccc1-2.Cl. The lowest BCUT2D eigenvalue weighted by Crippen LogP contribution is -2.09. The van der Waals surface area contributed by atoms with Crippen LogP contribution in [-0.4, -0.2) is 0 Å². The summed E-state index contributed by atoms with van der Waals surface area (Å²) in [6.07, 6.45) is 3.73. The summed E-state index contributed by atoms with van der Waals surface area (Å²) in [6.45, 7) is 3.75. The number of hydrogen-bond donors (Lipinski definition) is 1. The lowest BCUT2D eigenvalue weighted by Gasteiger charge is -2.11. The second-order valence-electron chi connectivity index (χ2n) is 4.88. The van der Waals surface area contributed by atoms with Gasteiger partial charge < -0.3 is 5.73 Å². The van der Waals surface area contributed by atoms with Gasteiger partial charge in [-0.25, -0.2) is 0 Å². The van der Waals surface area contributed by atoms with Gasteiger partial charge >= 0.3 is 0 Å². The molecule has 0 radical (unpaired) electrons. The summed E-state index contributed by atoms with van der Waals surface area (Å²) in [5, 5.41) is 0. The number of hydrogen-bond acceptors (Lipinski definition) is 1. The van der Waals surface area contributed by atoms with E-state index >= 15 is 0 Å². The van der Waals surface area contributed by atoms with Crippen LogP contribution in [0.3, 0.4) is 0 Å². The van der Waals surface area contributed by atoms with Gasteiger partial charge in [-0.3, -0.25) is 0 Å². The fourth-order valence-corrected chi connectivity index (χ4v) is 2.71. The average Bonchev–Trinajstić information content (AvgIpc) is 2.76. The van der Waals surface area contributed by atoms with Crippen molar-refractivity contribution in [2.24, 2.45) is 5.73 Å². The Morgan fingerprint density at radius 2 is 1.84 bits per heavy atom. The Balaban J connectivity index is 0.00000133. The van der Waals surface area contributed by atoms with E-state index in [-0.39, 0.29) is 18.4 Å². The molecule has 2 aromatic carbocycles. The third-order valence-electron chi connectivity index (χ3n) is 3.67. The van der Waals surface area contributed by atoms with E-state index in [0.717, 1.165) is 12.8 Å². The van der Waals surface area contributed by atoms with Crippen LogP contribution in [0.15, 0.2) is 55.1 Å². The van der Waals surface area contributed by atoms with E-state index in [4.69, 9.17) is 5.73 Å². The van der Waals surface area contributed by atoms with Crippen molar-refractivity contribution in [1.82, 2.24) is 0 Å². The summed E-state index contributed by atoms with van der Waals surface area (Å²) in [6, 6.07) is 15.3. The minimum Gasteiger partial charge on any atom is -0.324 e. The predicted octanol–water partition coefficient (Wildman–Crippen LogP) is 4.26. The fraction of sp³-hybridized carbons (Fsp3) is 0.176. The van der Waals surface area contributed by atoms with Crippen molar-refractivity contribution >= 4 is 12.4 Å². The van der Waals surface area contributed by atoms with Crippen molar-refractivity contribution in [3.05, 3.63) is 71.8 Å². The molecule has 0 saturated heterocycles. The molecule has 1 aliphatic rings. The second kappa shape index (κ2) is 5.60. The van der Waals surface area contributed by atoms with Crippen molar-refractivity contribution in [3.8, 4) is 11.1 Å². The molecule has 3 rings (SSSR count). The number of rotatable bonds is 3. The Hall–Kier alpha value is -1.57. The number of nitrogens with two attached hydrogens (primary N) is 1. The lowest BCUT2D eigenvalue weighted by molar-refractivity contribution is 0.741. The van der Waals surface area contributed by atoms with E-state index in [9.17, 15) is 0 Å². The topological polar surface area (TPSA) is 26.0 Å². The molecular weight excluding hydrogens is 254 g/mol. The second-order valence-corrected chi connectivity index (χ2v) is 4.88. The molecule has 0 amide bonds. The monoisotopic (exact) mass is 271 g/mol. The van der Waals surface area contributed by atoms with Crippen LogP contribution in [0, 0.1) is 0 Å². The first-order valence-corrected chi connectivity index (χ1v) is 6.37. The molecule has 1 aliphatic carbocycles. The molecule has 98 valence electrons. The van der Waals surface area contributed by atoms with Crippen LogP contribution in [0.4, 0.5) is 0 Å². The van der Waals surface area contributed by atoms with Crippen molar-refractivity contribution in [2.75, 3.05) is 0 Å². The first kappa shape index (κ1) is 13.9. The molecule has 2 aromatic rings. The Labute approximate surface area is 120 Å². The maximum Gasteiger partial charge on any atom is 0.0329 e. The molecule has 0 saturated carbocycles. The van der Waals surface area contributed by atoms with Gasteiger partial charge in [-0.2, -0.15) is 0 Å². The molecule has 0 fully saturated rings. The van der Waals surface area contributed by atoms with Crippen LogP contribution in [0.2, 0.25) is 0 Å². The smallest absolute Gasteiger partial charge is 0.0329 e. The highest BCUT2D eigenvalue weighted by atomic mass is 35.5. The molecule has 1 nitrogen and oxygen atoms in total. The predicted molar refractivity (Wildman–Crippen MR) is 83.7 cm³/mol. The summed E-state index contributed by atoms with van der Waals surface area (Å²) in [5.41, 5.74) is 12.9. The zero-order valence-corrected chi connectivity index (χ0v) is 11.6. The maximum absolute atomic E-state index is 6.13. The zero-order valence-electron chi connectivity index (χ0n) is 10.8. The van der Waals surface area contributed by atoms with E-state index in [1.165, 1.54) is 27.8 Å². The lowest BCUT2D eigenvalue weighted by atomic mass is 9.98. The minimum atomic E-state index is 0. The van der Waals surface area contributed by atoms with Gasteiger partial charge in [-0.05, 0) is 40.7 Å². The van der Waals surface area contributed by atoms with Gasteiger partial charge in [0, 0.05) is 6.04 Å². The first-order valence-electron chi connectivity index (χ1n) is 6.37. The third-order valence-corrected chi connectivity index (χ3v) is 3.67. The van der Waals surface area contributed by atoms with Crippen LogP contribution in [-0.2, 0) is 6.42 Å². The van der Waals surface area contributed by atoms with Gasteiger partial charge in [-0.1, -0.05) is 48.5 Å². The molecule has 0 aromatic heterocycles. The molecule has 0 unspecified atom stereocenters. The van der Waals surface area contributed by atoms with Crippen LogP contribution >= 0.6 is 12.4 Å². The van der Waals surface area contributed by atoms with Gasteiger partial charge in [0.25, 0.3) is 0 Å². The summed E-state index contributed by atoms with van der Waals surface area (Å²) in [5.74, 6) is 0. The Morgan fingerprint density at radius 3 is 2.63 bits per heavy atom. The molecular formula is C17H18ClN. The van der Waals surface area contributed by atoms with Crippen molar-refractivity contribution in [1.29, 1.82) is 0 Å². The summed E-state index contributed by atoms with van der Waals surface area (Å²) >= 11 is 0. The highest BCUT2D eigenvalue weighted by molar-refractivity contribution is 5.85. The molecule has 19 heavy (non-hydrogen) atoms. The maximum atomic E-state index is 6.13. The number of halogens is 1. The highest BCUT2D eigenvalue weighted by Gasteiger charge is 2.18. The van der Waals surface area contributed by atoms with Crippen LogP contribution in [0.25, 0.3) is 11.1 Å². The summed E-state index contributed by atoms with van der Waals surface area (Å²) < 4.78 is 0. The Bertz CT molecular complexity index is 604. The molecule has 0 aliphatic heterocycles. The first-order chi connectivity index (χ1) is 8.79. The summed E-state index contributed by atoms with van der Waals surface area (Å²) in [4.78, 5) is 0. The molecule has 2 N–H and O–H groups in total. The standard InChI is InChI=1S/C17H17N.ClH/c1-2-5-17(18)13-8-9-16-14(11-13)10-12-6-3-4-7-15(12)16;/h2-4,6-9,11,17H,1,5,10,18H2;1H/t17-;/m1./s1. The van der Waals surface area contributed by atoms with Crippen molar-refractivity contribution in [2.45, 2.75) is 18.9 Å². The summed E-state index contributed by atoms with van der Waals surface area (Å²) in [7, 11) is 0.